The average molecular weight is 689 g/mol. The third kappa shape index (κ3) is 37.3. The van der Waals surface area contributed by atoms with Crippen molar-refractivity contribution >= 4 is 90.7 Å². The SMILES string of the molecule is CCCCCCCCC(CCCCCCC)P(=O)([O-])[O-].CCCCCCCCC(CCCCCCC)P(=O)([O-])[O-].[Ca+2].[Ca+2]. The Balaban J connectivity index is -0.000000328. The molecule has 2 atom stereocenters. The first-order valence-electron chi connectivity index (χ1n) is 17.1. The van der Waals surface area contributed by atoms with E-state index in [2.05, 4.69) is 27.7 Å². The molecule has 0 heterocycles. The second-order valence-corrected chi connectivity index (χ2v) is 15.5. The molecule has 0 aliphatic rings. The van der Waals surface area contributed by atoms with Gasteiger partial charge < -0.3 is 28.7 Å². The number of hydrogen-bond donors (Lipinski definition) is 0. The van der Waals surface area contributed by atoms with Crippen molar-refractivity contribution in [1.29, 1.82) is 0 Å². The summed E-state index contributed by atoms with van der Waals surface area (Å²) >= 11 is 0. The number of unbranched alkanes of at least 4 members (excludes halogenated alkanes) is 18. The van der Waals surface area contributed by atoms with Crippen LogP contribution >= 0.6 is 15.2 Å². The number of hydrogen-bond acceptors (Lipinski definition) is 6. The van der Waals surface area contributed by atoms with Crippen LogP contribution in [0.2, 0.25) is 0 Å². The molecule has 0 saturated heterocycles. The zero-order chi connectivity index (χ0) is 30.5. The first-order chi connectivity index (χ1) is 19.0. The molecule has 0 aliphatic carbocycles. The fraction of sp³-hybridized carbons (Fsp3) is 1.00. The monoisotopic (exact) mass is 688 g/mol. The number of rotatable bonds is 28. The van der Waals surface area contributed by atoms with Crippen LogP contribution in [0.5, 0.6) is 0 Å². The van der Waals surface area contributed by atoms with Crippen molar-refractivity contribution in [2.75, 3.05) is 0 Å². The zero-order valence-electron chi connectivity index (χ0n) is 28.3. The van der Waals surface area contributed by atoms with E-state index >= 15 is 0 Å². The van der Waals surface area contributed by atoms with E-state index in [1.807, 2.05) is 0 Å². The van der Waals surface area contributed by atoms with Crippen LogP contribution in [-0.2, 0) is 9.13 Å². The summed E-state index contributed by atoms with van der Waals surface area (Å²) in [5.41, 5.74) is -1.23. The summed E-state index contributed by atoms with van der Waals surface area (Å²) in [6, 6.07) is 0. The molecule has 244 valence electrons. The van der Waals surface area contributed by atoms with Crippen molar-refractivity contribution in [1.82, 2.24) is 0 Å². The molecule has 0 aliphatic heterocycles. The van der Waals surface area contributed by atoms with Crippen molar-refractivity contribution in [3.8, 4) is 0 Å². The van der Waals surface area contributed by atoms with Crippen molar-refractivity contribution < 1.29 is 28.7 Å². The van der Waals surface area contributed by atoms with Gasteiger partial charge in [-0.2, -0.15) is 0 Å². The van der Waals surface area contributed by atoms with Crippen LogP contribution < -0.4 is 19.6 Å². The summed E-state index contributed by atoms with van der Waals surface area (Å²) in [4.78, 5) is 45.2. The van der Waals surface area contributed by atoms with Crippen molar-refractivity contribution in [2.45, 2.75) is 206 Å². The minimum absolute atomic E-state index is 0. The standard InChI is InChI=1S/2C16H35O3P.2Ca/c2*1-3-5-7-9-11-13-15-16(20(17,18)19)14-12-10-8-6-4-2;;/h2*16H,3-15H2,1-2H3,(H2,17,18,19);;/q;;2*+2/p-4. The van der Waals surface area contributed by atoms with Crippen LogP contribution in [0.15, 0.2) is 0 Å². The van der Waals surface area contributed by atoms with E-state index in [-0.39, 0.29) is 75.5 Å². The minimum atomic E-state index is -4.39. The molecule has 0 bridgehead atoms. The smallest absolute Gasteiger partial charge is 0.811 e. The maximum absolute atomic E-state index is 11.3. The molecule has 0 amide bonds. The van der Waals surface area contributed by atoms with Crippen molar-refractivity contribution in [2.24, 2.45) is 0 Å². The Morgan fingerprint density at radius 2 is 0.524 bits per heavy atom. The van der Waals surface area contributed by atoms with Crippen LogP contribution in [0.4, 0.5) is 0 Å². The van der Waals surface area contributed by atoms with E-state index in [9.17, 15) is 28.7 Å². The van der Waals surface area contributed by atoms with E-state index in [0.29, 0.717) is 25.7 Å². The molecule has 10 heteroatoms. The van der Waals surface area contributed by atoms with Crippen LogP contribution in [0, 0.1) is 0 Å². The summed E-state index contributed by atoms with van der Waals surface area (Å²) in [6.07, 6.45) is 26.9. The molecule has 6 nitrogen and oxygen atoms in total. The van der Waals surface area contributed by atoms with E-state index in [1.54, 1.807) is 0 Å². The second-order valence-electron chi connectivity index (χ2n) is 11.9. The molecule has 0 fully saturated rings. The van der Waals surface area contributed by atoms with E-state index in [0.717, 1.165) is 64.2 Å². The summed E-state index contributed by atoms with van der Waals surface area (Å²) in [7, 11) is -8.79. The fourth-order valence-electron chi connectivity index (χ4n) is 5.21. The van der Waals surface area contributed by atoms with Gasteiger partial charge in [0.15, 0.2) is 0 Å². The first kappa shape index (κ1) is 51.6. The Bertz CT molecular complexity index is 564. The Morgan fingerprint density at radius 3 is 0.690 bits per heavy atom. The van der Waals surface area contributed by atoms with E-state index < -0.39 is 26.5 Å². The van der Waals surface area contributed by atoms with Gasteiger partial charge in [-0.25, -0.2) is 0 Å². The molecule has 0 aromatic heterocycles. The van der Waals surface area contributed by atoms with E-state index in [1.165, 1.54) is 77.0 Å². The van der Waals surface area contributed by atoms with Crippen LogP contribution in [-0.4, -0.2) is 86.8 Å². The van der Waals surface area contributed by atoms with Gasteiger partial charge in [0.1, 0.15) is 0 Å². The predicted octanol–water partition coefficient (Wildman–Crippen LogP) is 8.00. The van der Waals surface area contributed by atoms with Crippen LogP contribution in [0.3, 0.4) is 0 Å². The minimum Gasteiger partial charge on any atom is -0.811 e. The van der Waals surface area contributed by atoms with Gasteiger partial charge in [0.2, 0.25) is 0 Å². The molecule has 2 unspecified atom stereocenters. The van der Waals surface area contributed by atoms with Gasteiger partial charge in [-0.1, -0.05) is 184 Å². The predicted molar refractivity (Wildman–Crippen MR) is 177 cm³/mol. The first-order valence-corrected chi connectivity index (χ1v) is 20.3. The summed E-state index contributed by atoms with van der Waals surface area (Å²) in [5, 5.41) is 0. The largest absolute Gasteiger partial charge is 2.00 e. The van der Waals surface area contributed by atoms with Gasteiger partial charge in [-0.05, 0) is 37.0 Å². The maximum Gasteiger partial charge on any atom is 2.00 e. The molecule has 0 rings (SSSR count). The van der Waals surface area contributed by atoms with Gasteiger partial charge in [0.05, 0.1) is 0 Å². The van der Waals surface area contributed by atoms with Crippen molar-refractivity contribution in [3.05, 3.63) is 0 Å². The molecule has 42 heavy (non-hydrogen) atoms. The van der Waals surface area contributed by atoms with Crippen molar-refractivity contribution in [3.63, 3.8) is 0 Å². The van der Waals surface area contributed by atoms with Crippen LogP contribution in [0.1, 0.15) is 195 Å². The normalized spacial score (nSPS) is 13.0. The van der Waals surface area contributed by atoms with Crippen LogP contribution in [0.25, 0.3) is 0 Å². The quantitative estimate of drug-likeness (QED) is 0.0466. The summed E-state index contributed by atoms with van der Waals surface area (Å²) in [6.45, 7) is 8.68. The fourth-order valence-corrected chi connectivity index (χ4v) is 7.20. The van der Waals surface area contributed by atoms with E-state index in [4.69, 9.17) is 0 Å². The maximum atomic E-state index is 11.3. The third-order valence-electron chi connectivity index (χ3n) is 7.96. The van der Waals surface area contributed by atoms with Gasteiger partial charge >= 0.3 is 75.5 Å². The molecule has 0 aromatic rings. The van der Waals surface area contributed by atoms with Gasteiger partial charge in [-0.15, -0.1) is 0 Å². The third-order valence-corrected chi connectivity index (χ3v) is 10.8. The summed E-state index contributed by atoms with van der Waals surface area (Å²) < 4.78 is 22.6. The molecular weight excluding hydrogens is 622 g/mol. The average Bonchev–Trinajstić information content (AvgIpc) is 2.89. The molecule has 0 saturated carbocycles. The Hall–Kier alpha value is 2.82. The molecule has 0 spiro atoms. The summed E-state index contributed by atoms with van der Waals surface area (Å²) in [5.74, 6) is 0. The Morgan fingerprint density at radius 1 is 0.357 bits per heavy atom. The zero-order valence-corrected chi connectivity index (χ0v) is 34.5. The van der Waals surface area contributed by atoms with Gasteiger partial charge in [-0.3, -0.25) is 0 Å². The van der Waals surface area contributed by atoms with Gasteiger partial charge in [0.25, 0.3) is 0 Å². The Kier molecular flexibility index (Phi) is 45.1. The molecule has 0 radical (unpaired) electrons. The Labute approximate surface area is 321 Å². The van der Waals surface area contributed by atoms with Gasteiger partial charge in [0, 0.05) is 0 Å². The second kappa shape index (κ2) is 36.7. The molecule has 0 N–H and O–H groups in total. The molecular formula is C32H66Ca2O6P2. The molecule has 0 aromatic carbocycles. The topological polar surface area (TPSA) is 126 Å².